The van der Waals surface area contributed by atoms with Crippen molar-refractivity contribution in [3.8, 4) is 0 Å². The van der Waals surface area contributed by atoms with Gasteiger partial charge in [-0.2, -0.15) is 0 Å². The number of nitrogens with zero attached hydrogens (tertiary/aromatic N) is 2. The Bertz CT molecular complexity index is 770. The molecule has 116 valence electrons. The van der Waals surface area contributed by atoms with Crippen molar-refractivity contribution in [2.75, 3.05) is 13.1 Å². The molecule has 1 aromatic heterocycles. The van der Waals surface area contributed by atoms with E-state index in [9.17, 15) is 9.59 Å². The lowest BCUT2D eigenvalue weighted by molar-refractivity contribution is -0.132. The van der Waals surface area contributed by atoms with Crippen LogP contribution in [0.15, 0.2) is 29.2 Å². The van der Waals surface area contributed by atoms with E-state index in [-0.39, 0.29) is 11.3 Å². The molecule has 0 radical (unpaired) electrons. The molecule has 2 heterocycles. The van der Waals surface area contributed by atoms with Gasteiger partial charge in [0.05, 0.1) is 5.52 Å². The maximum atomic E-state index is 12.5. The van der Waals surface area contributed by atoms with Gasteiger partial charge in [-0.25, -0.2) is 0 Å². The third kappa shape index (κ3) is 2.78. The minimum absolute atomic E-state index is 0.0224. The zero-order valence-electron chi connectivity index (χ0n) is 13.3. The summed E-state index contributed by atoms with van der Waals surface area (Å²) in [6.45, 7) is 5.98. The van der Waals surface area contributed by atoms with E-state index in [2.05, 4.69) is 0 Å². The van der Waals surface area contributed by atoms with E-state index in [0.29, 0.717) is 6.54 Å². The van der Waals surface area contributed by atoms with Crippen molar-refractivity contribution in [3.05, 3.63) is 45.7 Å². The first-order valence-corrected chi connectivity index (χ1v) is 7.94. The summed E-state index contributed by atoms with van der Waals surface area (Å²) in [6, 6.07) is 5.57. The molecule has 0 atom stereocenters. The number of hydrogen-bond donors (Lipinski definition) is 0. The van der Waals surface area contributed by atoms with Gasteiger partial charge in [-0.15, -0.1) is 0 Å². The van der Waals surface area contributed by atoms with Gasteiger partial charge in [0.1, 0.15) is 6.54 Å². The SMILES string of the molecule is Cc1cc(C)c2c(=O)ccn(CC(=O)N3CCCCC3)c2c1. The Hall–Kier alpha value is -2.10. The first-order valence-electron chi connectivity index (χ1n) is 7.94. The lowest BCUT2D eigenvalue weighted by atomic mass is 10.1. The minimum atomic E-state index is 0.0224. The second-order valence-corrected chi connectivity index (χ2v) is 6.23. The molecule has 0 unspecified atom stereocenters. The van der Waals surface area contributed by atoms with E-state index < -0.39 is 0 Å². The van der Waals surface area contributed by atoms with Crippen LogP contribution in [0.5, 0.6) is 0 Å². The predicted octanol–water partition coefficient (Wildman–Crippen LogP) is 2.63. The van der Waals surface area contributed by atoms with Crippen LogP contribution in [0.3, 0.4) is 0 Å². The molecule has 0 saturated carbocycles. The summed E-state index contributed by atoms with van der Waals surface area (Å²) in [5.41, 5.74) is 2.96. The Morgan fingerprint density at radius 1 is 1.14 bits per heavy atom. The first kappa shape index (κ1) is 14.8. The van der Waals surface area contributed by atoms with E-state index >= 15 is 0 Å². The lowest BCUT2D eigenvalue weighted by Crippen LogP contribution is -2.37. The fourth-order valence-electron chi connectivity index (χ4n) is 3.34. The molecule has 1 amide bonds. The van der Waals surface area contributed by atoms with Gasteiger partial charge in [-0.05, 0) is 50.3 Å². The predicted molar refractivity (Wildman–Crippen MR) is 88.1 cm³/mol. The van der Waals surface area contributed by atoms with Gasteiger partial charge < -0.3 is 9.47 Å². The molecule has 1 fully saturated rings. The largest absolute Gasteiger partial charge is 0.341 e. The van der Waals surface area contributed by atoms with Crippen LogP contribution in [-0.4, -0.2) is 28.5 Å². The van der Waals surface area contributed by atoms with Crippen LogP contribution in [0.4, 0.5) is 0 Å². The van der Waals surface area contributed by atoms with Crippen molar-refractivity contribution in [2.45, 2.75) is 39.7 Å². The summed E-state index contributed by atoms with van der Waals surface area (Å²) in [5.74, 6) is 0.142. The van der Waals surface area contributed by atoms with Gasteiger partial charge in [0.25, 0.3) is 0 Å². The van der Waals surface area contributed by atoms with Crippen molar-refractivity contribution in [1.29, 1.82) is 0 Å². The highest BCUT2D eigenvalue weighted by Gasteiger charge is 2.17. The minimum Gasteiger partial charge on any atom is -0.341 e. The number of hydrogen-bond acceptors (Lipinski definition) is 2. The quantitative estimate of drug-likeness (QED) is 0.855. The molecule has 0 bridgehead atoms. The molecule has 4 heteroatoms. The Balaban J connectivity index is 1.98. The molecule has 0 spiro atoms. The Morgan fingerprint density at radius 2 is 1.86 bits per heavy atom. The normalized spacial score (nSPS) is 15.3. The van der Waals surface area contributed by atoms with Gasteiger partial charge in [-0.1, -0.05) is 6.07 Å². The Morgan fingerprint density at radius 3 is 2.59 bits per heavy atom. The molecule has 0 N–H and O–H groups in total. The number of amides is 1. The molecule has 1 aliphatic rings. The zero-order valence-corrected chi connectivity index (χ0v) is 13.3. The van der Waals surface area contributed by atoms with Crippen molar-refractivity contribution in [2.24, 2.45) is 0 Å². The number of aryl methyl sites for hydroxylation is 2. The Labute approximate surface area is 130 Å². The molecule has 1 saturated heterocycles. The number of pyridine rings is 1. The molecular formula is C18H22N2O2. The summed E-state index contributed by atoms with van der Waals surface area (Å²) in [4.78, 5) is 26.6. The van der Waals surface area contributed by atoms with Gasteiger partial charge >= 0.3 is 0 Å². The van der Waals surface area contributed by atoms with Crippen molar-refractivity contribution in [3.63, 3.8) is 0 Å². The Kier molecular flexibility index (Phi) is 4.01. The van der Waals surface area contributed by atoms with Crippen LogP contribution in [0.2, 0.25) is 0 Å². The maximum Gasteiger partial charge on any atom is 0.242 e. The van der Waals surface area contributed by atoms with E-state index in [1.807, 2.05) is 35.4 Å². The summed E-state index contributed by atoms with van der Waals surface area (Å²) in [6.07, 6.45) is 5.14. The summed E-state index contributed by atoms with van der Waals surface area (Å²) >= 11 is 0. The average molecular weight is 298 g/mol. The third-order valence-corrected chi connectivity index (χ3v) is 4.44. The number of piperidine rings is 1. The van der Waals surface area contributed by atoms with E-state index in [1.165, 1.54) is 6.42 Å². The molecule has 3 rings (SSSR count). The molecule has 2 aromatic rings. The fourth-order valence-corrected chi connectivity index (χ4v) is 3.34. The molecule has 1 aliphatic heterocycles. The highest BCUT2D eigenvalue weighted by molar-refractivity contribution is 5.85. The van der Waals surface area contributed by atoms with Gasteiger partial charge in [0.2, 0.25) is 5.91 Å². The maximum absolute atomic E-state index is 12.5. The van der Waals surface area contributed by atoms with Crippen LogP contribution >= 0.6 is 0 Å². The summed E-state index contributed by atoms with van der Waals surface area (Å²) in [7, 11) is 0. The van der Waals surface area contributed by atoms with Crippen LogP contribution in [-0.2, 0) is 11.3 Å². The van der Waals surface area contributed by atoms with Crippen LogP contribution in [0, 0.1) is 13.8 Å². The number of fused-ring (bicyclic) bond motifs is 1. The van der Waals surface area contributed by atoms with Crippen molar-refractivity contribution >= 4 is 16.8 Å². The van der Waals surface area contributed by atoms with Gasteiger partial charge in [-0.3, -0.25) is 9.59 Å². The highest BCUT2D eigenvalue weighted by atomic mass is 16.2. The molecule has 22 heavy (non-hydrogen) atoms. The monoisotopic (exact) mass is 298 g/mol. The van der Waals surface area contributed by atoms with E-state index in [0.717, 1.165) is 48.0 Å². The van der Waals surface area contributed by atoms with Gasteiger partial charge in [0.15, 0.2) is 5.43 Å². The number of aromatic nitrogens is 1. The van der Waals surface area contributed by atoms with E-state index in [1.54, 1.807) is 12.3 Å². The van der Waals surface area contributed by atoms with Crippen LogP contribution < -0.4 is 5.43 Å². The highest BCUT2D eigenvalue weighted by Crippen LogP contribution is 2.18. The average Bonchev–Trinajstić information content (AvgIpc) is 2.50. The number of benzene rings is 1. The number of likely N-dealkylation sites (tertiary alicyclic amines) is 1. The topological polar surface area (TPSA) is 42.3 Å². The first-order chi connectivity index (χ1) is 10.6. The fraction of sp³-hybridized carbons (Fsp3) is 0.444. The third-order valence-electron chi connectivity index (χ3n) is 4.44. The molecule has 4 nitrogen and oxygen atoms in total. The zero-order chi connectivity index (χ0) is 15.7. The number of carbonyl (C=O) groups is 1. The smallest absolute Gasteiger partial charge is 0.242 e. The number of rotatable bonds is 2. The van der Waals surface area contributed by atoms with Crippen LogP contribution in [0.1, 0.15) is 30.4 Å². The standard InChI is InChI=1S/C18H22N2O2/c1-13-10-14(2)18-15(11-13)20(9-6-16(18)21)12-17(22)19-7-4-3-5-8-19/h6,9-11H,3-5,7-8,12H2,1-2H3. The molecule has 1 aromatic carbocycles. The van der Waals surface area contributed by atoms with Crippen molar-refractivity contribution in [1.82, 2.24) is 9.47 Å². The van der Waals surface area contributed by atoms with Gasteiger partial charge in [0, 0.05) is 30.7 Å². The lowest BCUT2D eigenvalue weighted by Gasteiger charge is -2.27. The van der Waals surface area contributed by atoms with E-state index in [4.69, 9.17) is 0 Å². The summed E-state index contributed by atoms with van der Waals surface area (Å²) in [5, 5.41) is 0.722. The second-order valence-electron chi connectivity index (χ2n) is 6.23. The van der Waals surface area contributed by atoms with Crippen molar-refractivity contribution < 1.29 is 4.79 Å². The second kappa shape index (κ2) is 5.95. The molecule has 0 aliphatic carbocycles. The molecular weight excluding hydrogens is 276 g/mol. The number of carbonyl (C=O) groups excluding carboxylic acids is 1. The van der Waals surface area contributed by atoms with Crippen LogP contribution in [0.25, 0.3) is 10.9 Å². The summed E-state index contributed by atoms with van der Waals surface area (Å²) < 4.78 is 1.91.